The number of methoxy groups -OCH3 is 2. The number of ether oxygens (including phenoxy) is 2. The summed E-state index contributed by atoms with van der Waals surface area (Å²) in [6.45, 7) is 0.0850. The molecule has 0 aliphatic rings. The minimum Gasteiger partial charge on any atom is -0.497 e. The van der Waals surface area contributed by atoms with Gasteiger partial charge in [0.25, 0.3) is 11.8 Å². The van der Waals surface area contributed by atoms with Crippen molar-refractivity contribution >= 4 is 44.6 Å². The Labute approximate surface area is 194 Å². The van der Waals surface area contributed by atoms with E-state index >= 15 is 0 Å². The van der Waals surface area contributed by atoms with Crippen molar-refractivity contribution in [2.45, 2.75) is 6.61 Å². The minimum atomic E-state index is -0.440. The summed E-state index contributed by atoms with van der Waals surface area (Å²) in [5.74, 6) is -0.632. The molecule has 0 spiro atoms. The highest BCUT2D eigenvalue weighted by Gasteiger charge is 2.22. The number of hydrogen-bond acceptors (Lipinski definition) is 5. The van der Waals surface area contributed by atoms with Crippen molar-refractivity contribution in [1.29, 1.82) is 0 Å². The highest BCUT2D eigenvalue weighted by Crippen LogP contribution is 2.34. The summed E-state index contributed by atoms with van der Waals surface area (Å²) in [7, 11) is 3.04. The molecule has 0 fully saturated rings. The first-order chi connectivity index (χ1) is 16.0. The van der Waals surface area contributed by atoms with Gasteiger partial charge < -0.3 is 20.1 Å². The second-order valence-electron chi connectivity index (χ2n) is 7.14. The van der Waals surface area contributed by atoms with Gasteiger partial charge in [-0.3, -0.25) is 9.59 Å². The summed E-state index contributed by atoms with van der Waals surface area (Å²) in [6, 6.07) is 18.4. The van der Waals surface area contributed by atoms with Crippen LogP contribution in [0.3, 0.4) is 0 Å². The van der Waals surface area contributed by atoms with Crippen molar-refractivity contribution in [3.8, 4) is 5.75 Å². The third-order valence-corrected chi connectivity index (χ3v) is 6.20. The van der Waals surface area contributed by atoms with Crippen LogP contribution in [0.4, 0.5) is 15.8 Å². The third-order valence-electron chi connectivity index (χ3n) is 5.01. The molecule has 0 saturated heterocycles. The van der Waals surface area contributed by atoms with Crippen LogP contribution in [0.5, 0.6) is 5.75 Å². The minimum absolute atomic E-state index is 0.0850. The maximum atomic E-state index is 14.5. The number of thiophene rings is 1. The molecule has 2 N–H and O–H groups in total. The van der Waals surface area contributed by atoms with E-state index in [9.17, 15) is 14.0 Å². The Morgan fingerprint density at radius 1 is 0.939 bits per heavy atom. The number of para-hydroxylation sites is 1. The summed E-state index contributed by atoms with van der Waals surface area (Å²) in [5, 5.41) is 5.99. The largest absolute Gasteiger partial charge is 0.497 e. The quantitative estimate of drug-likeness (QED) is 0.368. The number of anilines is 2. The Morgan fingerprint density at radius 3 is 2.52 bits per heavy atom. The van der Waals surface area contributed by atoms with Gasteiger partial charge in [0.1, 0.15) is 11.6 Å². The average Bonchev–Trinajstić information content (AvgIpc) is 3.19. The van der Waals surface area contributed by atoms with Gasteiger partial charge in [-0.25, -0.2) is 4.39 Å². The Bertz CT molecular complexity index is 1340. The third kappa shape index (κ3) is 4.72. The average molecular weight is 465 g/mol. The number of rotatable bonds is 7. The molecule has 4 rings (SSSR count). The summed E-state index contributed by atoms with van der Waals surface area (Å²) in [5.41, 5.74) is 1.66. The SMILES string of the molecule is COCc1c(C(=O)Nc2ccccc2C(=O)Nc2cccc(OC)c2)sc2cccc(F)c12. The van der Waals surface area contributed by atoms with Gasteiger partial charge in [0.2, 0.25) is 0 Å². The number of amides is 2. The number of carbonyl (C=O) groups is 2. The van der Waals surface area contributed by atoms with Crippen molar-refractivity contribution in [3.63, 3.8) is 0 Å². The second kappa shape index (κ2) is 9.81. The highest BCUT2D eigenvalue weighted by molar-refractivity contribution is 7.21. The van der Waals surface area contributed by atoms with Crippen LogP contribution in [0.25, 0.3) is 10.1 Å². The Kier molecular flexibility index (Phi) is 6.67. The van der Waals surface area contributed by atoms with E-state index in [0.29, 0.717) is 37.7 Å². The first-order valence-corrected chi connectivity index (χ1v) is 10.9. The molecular formula is C25H21FN2O4S. The molecule has 0 atom stereocenters. The molecule has 8 heteroatoms. The van der Waals surface area contributed by atoms with E-state index in [2.05, 4.69) is 10.6 Å². The Balaban J connectivity index is 1.63. The molecule has 3 aromatic carbocycles. The van der Waals surface area contributed by atoms with Crippen molar-refractivity contribution < 1.29 is 23.5 Å². The fraction of sp³-hybridized carbons (Fsp3) is 0.120. The topological polar surface area (TPSA) is 76.7 Å². The molecule has 168 valence electrons. The smallest absolute Gasteiger partial charge is 0.266 e. The molecule has 33 heavy (non-hydrogen) atoms. The van der Waals surface area contributed by atoms with E-state index in [1.54, 1.807) is 67.8 Å². The molecule has 0 saturated carbocycles. The van der Waals surface area contributed by atoms with Gasteiger partial charge in [-0.2, -0.15) is 0 Å². The fourth-order valence-corrected chi connectivity index (χ4v) is 4.62. The van der Waals surface area contributed by atoms with Crippen molar-refractivity contribution in [3.05, 3.63) is 88.6 Å². The zero-order valence-corrected chi connectivity index (χ0v) is 18.8. The molecule has 0 bridgehead atoms. The van der Waals surface area contributed by atoms with Crippen LogP contribution < -0.4 is 15.4 Å². The fourth-order valence-electron chi connectivity index (χ4n) is 3.50. The molecule has 0 radical (unpaired) electrons. The molecule has 4 aromatic rings. The lowest BCUT2D eigenvalue weighted by molar-refractivity contribution is 0.102. The van der Waals surface area contributed by atoms with Gasteiger partial charge in [0, 0.05) is 34.5 Å². The van der Waals surface area contributed by atoms with Crippen molar-refractivity contribution in [2.24, 2.45) is 0 Å². The Hall–Kier alpha value is -3.75. The number of carbonyl (C=O) groups excluding carboxylic acids is 2. The first-order valence-electron chi connectivity index (χ1n) is 10.1. The predicted octanol–water partition coefficient (Wildman–Crippen LogP) is 5.70. The second-order valence-corrected chi connectivity index (χ2v) is 8.19. The van der Waals surface area contributed by atoms with Crippen LogP contribution >= 0.6 is 11.3 Å². The first kappa shape index (κ1) is 22.4. The van der Waals surface area contributed by atoms with Gasteiger partial charge in [-0.05, 0) is 36.4 Å². The maximum Gasteiger partial charge on any atom is 0.266 e. The van der Waals surface area contributed by atoms with E-state index in [1.165, 1.54) is 24.5 Å². The predicted molar refractivity (Wildman–Crippen MR) is 128 cm³/mol. The molecule has 0 aliphatic carbocycles. The van der Waals surface area contributed by atoms with Crippen LogP contribution in [0.1, 0.15) is 25.6 Å². The van der Waals surface area contributed by atoms with Crippen LogP contribution in [-0.2, 0) is 11.3 Å². The van der Waals surface area contributed by atoms with E-state index in [1.807, 2.05) is 0 Å². The lowest BCUT2D eigenvalue weighted by atomic mass is 10.1. The summed E-state index contributed by atoms with van der Waals surface area (Å²) < 4.78 is 25.5. The molecule has 1 aromatic heterocycles. The van der Waals surface area contributed by atoms with Gasteiger partial charge >= 0.3 is 0 Å². The zero-order chi connectivity index (χ0) is 23.4. The number of halogens is 1. The van der Waals surface area contributed by atoms with Gasteiger partial charge in [0.05, 0.1) is 29.8 Å². The van der Waals surface area contributed by atoms with Crippen molar-refractivity contribution in [2.75, 3.05) is 24.9 Å². The number of fused-ring (bicyclic) bond motifs is 1. The number of nitrogens with one attached hydrogen (secondary N) is 2. The van der Waals surface area contributed by atoms with E-state index in [-0.39, 0.29) is 12.2 Å². The van der Waals surface area contributed by atoms with Crippen molar-refractivity contribution in [1.82, 2.24) is 0 Å². The van der Waals surface area contributed by atoms with Gasteiger partial charge in [-0.1, -0.05) is 24.3 Å². The number of hydrogen-bond donors (Lipinski definition) is 2. The van der Waals surface area contributed by atoms with Crippen LogP contribution in [-0.4, -0.2) is 26.0 Å². The Morgan fingerprint density at radius 2 is 1.73 bits per heavy atom. The molecule has 1 heterocycles. The lowest BCUT2D eigenvalue weighted by Gasteiger charge is -2.12. The lowest BCUT2D eigenvalue weighted by Crippen LogP contribution is -2.18. The van der Waals surface area contributed by atoms with E-state index < -0.39 is 17.6 Å². The van der Waals surface area contributed by atoms with Gasteiger partial charge in [-0.15, -0.1) is 11.3 Å². The van der Waals surface area contributed by atoms with Crippen LogP contribution in [0.15, 0.2) is 66.7 Å². The maximum absolute atomic E-state index is 14.5. The molecule has 0 aliphatic heterocycles. The monoisotopic (exact) mass is 464 g/mol. The molecule has 6 nitrogen and oxygen atoms in total. The van der Waals surface area contributed by atoms with E-state index in [4.69, 9.17) is 9.47 Å². The molecule has 2 amide bonds. The summed E-state index contributed by atoms with van der Waals surface area (Å²) in [6.07, 6.45) is 0. The summed E-state index contributed by atoms with van der Waals surface area (Å²) in [4.78, 5) is 26.5. The highest BCUT2D eigenvalue weighted by atomic mass is 32.1. The van der Waals surface area contributed by atoms with Crippen LogP contribution in [0.2, 0.25) is 0 Å². The zero-order valence-electron chi connectivity index (χ0n) is 18.0. The standard InChI is InChI=1S/C25H21FN2O4S/c1-31-14-18-22-19(26)10-6-12-21(22)33-23(18)25(30)28-20-11-4-3-9-17(20)24(29)27-15-7-5-8-16(13-15)32-2/h3-13H,14H2,1-2H3,(H,27,29)(H,28,30). The van der Waals surface area contributed by atoms with Crippen LogP contribution in [0, 0.1) is 5.82 Å². The normalized spacial score (nSPS) is 10.8. The molecule has 0 unspecified atom stereocenters. The van der Waals surface area contributed by atoms with E-state index in [0.717, 1.165) is 0 Å². The van der Waals surface area contributed by atoms with Gasteiger partial charge in [0.15, 0.2) is 0 Å². The molecular weight excluding hydrogens is 443 g/mol. The number of benzene rings is 3. The summed E-state index contributed by atoms with van der Waals surface area (Å²) >= 11 is 1.18.